The molecule has 0 bridgehead atoms. The molecule has 0 unspecified atom stereocenters. The van der Waals surface area contributed by atoms with Crippen molar-refractivity contribution < 1.29 is 9.53 Å². The van der Waals surface area contributed by atoms with E-state index >= 15 is 0 Å². The highest BCUT2D eigenvalue weighted by Crippen LogP contribution is 2.42. The van der Waals surface area contributed by atoms with Gasteiger partial charge in [0.2, 0.25) is 5.91 Å². The molecule has 2 aromatic heterocycles. The van der Waals surface area contributed by atoms with Crippen molar-refractivity contribution in [1.29, 1.82) is 0 Å². The number of carbonyl (C=O) groups excluding carboxylic acids is 1. The van der Waals surface area contributed by atoms with E-state index in [-0.39, 0.29) is 11.2 Å². The highest BCUT2D eigenvalue weighted by molar-refractivity contribution is 8.00. The van der Waals surface area contributed by atoms with Gasteiger partial charge in [0.25, 0.3) is 0 Å². The summed E-state index contributed by atoms with van der Waals surface area (Å²) in [5, 5.41) is 14.3. The molecule has 146 valence electrons. The number of ether oxygens (including phenoxy) is 1. The van der Waals surface area contributed by atoms with Crippen LogP contribution in [0.15, 0.2) is 40.9 Å². The van der Waals surface area contributed by atoms with Crippen LogP contribution in [0.4, 0.5) is 5.69 Å². The number of aryl methyl sites for hydroxylation is 1. The molecule has 0 radical (unpaired) electrons. The first-order chi connectivity index (χ1) is 13.6. The predicted molar refractivity (Wildman–Crippen MR) is 113 cm³/mol. The van der Waals surface area contributed by atoms with E-state index in [2.05, 4.69) is 26.1 Å². The summed E-state index contributed by atoms with van der Waals surface area (Å²) in [5.74, 6) is 1.46. The molecule has 8 heteroatoms. The third-order valence-corrected chi connectivity index (χ3v) is 6.50. The van der Waals surface area contributed by atoms with E-state index in [4.69, 9.17) is 4.74 Å². The van der Waals surface area contributed by atoms with Crippen molar-refractivity contribution in [2.24, 2.45) is 0 Å². The second kappa shape index (κ2) is 7.97. The molecular weight excluding hydrogens is 392 g/mol. The van der Waals surface area contributed by atoms with Gasteiger partial charge in [-0.2, -0.15) is 0 Å². The topological polar surface area (TPSA) is 69.0 Å². The third-order valence-electron chi connectivity index (χ3n) is 4.58. The molecule has 6 nitrogen and oxygen atoms in total. The summed E-state index contributed by atoms with van der Waals surface area (Å²) in [6.07, 6.45) is 2.26. The number of hydrogen-bond acceptors (Lipinski definition) is 6. The zero-order valence-electron chi connectivity index (χ0n) is 16.0. The van der Waals surface area contributed by atoms with E-state index in [0.29, 0.717) is 17.5 Å². The van der Waals surface area contributed by atoms with Crippen LogP contribution >= 0.6 is 23.1 Å². The minimum atomic E-state index is -0.317. The van der Waals surface area contributed by atoms with Gasteiger partial charge in [0, 0.05) is 6.04 Å². The van der Waals surface area contributed by atoms with Crippen LogP contribution < -0.4 is 10.1 Å². The van der Waals surface area contributed by atoms with E-state index in [1.165, 1.54) is 11.8 Å². The Morgan fingerprint density at radius 1 is 1.36 bits per heavy atom. The van der Waals surface area contributed by atoms with Crippen LogP contribution in [0.5, 0.6) is 5.75 Å². The van der Waals surface area contributed by atoms with E-state index < -0.39 is 0 Å². The lowest BCUT2D eigenvalue weighted by Gasteiger charge is -2.15. The van der Waals surface area contributed by atoms with Crippen LogP contribution in [0.25, 0.3) is 10.7 Å². The van der Waals surface area contributed by atoms with Gasteiger partial charge in [-0.25, -0.2) is 0 Å². The van der Waals surface area contributed by atoms with E-state index in [9.17, 15) is 4.79 Å². The number of nitrogens with zero attached hydrogens (tertiary/aromatic N) is 3. The van der Waals surface area contributed by atoms with Crippen molar-refractivity contribution in [1.82, 2.24) is 14.8 Å². The van der Waals surface area contributed by atoms with Gasteiger partial charge < -0.3 is 10.1 Å². The fraction of sp³-hybridized carbons (Fsp3) is 0.350. The highest BCUT2D eigenvalue weighted by Gasteiger charge is 2.31. The van der Waals surface area contributed by atoms with Crippen molar-refractivity contribution in [3.05, 3.63) is 41.3 Å². The average Bonchev–Trinajstić information content (AvgIpc) is 3.20. The van der Waals surface area contributed by atoms with Gasteiger partial charge in [-0.05, 0) is 55.8 Å². The zero-order chi connectivity index (χ0) is 19.7. The molecule has 1 aliphatic carbocycles. The number of nitrogens with one attached hydrogen (secondary N) is 1. The number of carbonyl (C=O) groups is 1. The molecule has 1 atom stereocenters. The summed E-state index contributed by atoms with van der Waals surface area (Å²) in [5.41, 5.74) is 1.74. The molecule has 1 aliphatic rings. The second-order valence-electron chi connectivity index (χ2n) is 6.84. The Morgan fingerprint density at radius 3 is 2.86 bits per heavy atom. The third kappa shape index (κ3) is 3.93. The minimum absolute atomic E-state index is 0.0862. The predicted octanol–water partition coefficient (Wildman–Crippen LogP) is 4.78. The Morgan fingerprint density at radius 2 is 2.18 bits per heavy atom. The molecule has 1 saturated carbocycles. The van der Waals surface area contributed by atoms with E-state index in [1.54, 1.807) is 18.4 Å². The minimum Gasteiger partial charge on any atom is -0.495 e. The second-order valence-corrected chi connectivity index (χ2v) is 9.09. The molecule has 0 saturated heterocycles. The lowest BCUT2D eigenvalue weighted by atomic mass is 10.2. The quantitative estimate of drug-likeness (QED) is 0.564. The molecule has 3 aromatic rings. The Balaban J connectivity index is 1.52. The molecule has 1 N–H and O–H groups in total. The van der Waals surface area contributed by atoms with Gasteiger partial charge in [-0.3, -0.25) is 9.36 Å². The number of benzene rings is 1. The average molecular weight is 415 g/mol. The standard InChI is InChI=1S/C20H22N4O2S2/c1-12-6-9-16(26-3)15(11-12)21-19(25)13(2)28-20-23-22-18(17-5-4-10-27-17)24(20)14-7-8-14/h4-6,9-11,13-14H,7-8H2,1-3H3,(H,21,25)/t13-/m0/s1. The Bertz CT molecular complexity index is 980. The lowest BCUT2D eigenvalue weighted by molar-refractivity contribution is -0.115. The fourth-order valence-corrected chi connectivity index (χ4v) is 4.58. The fourth-order valence-electron chi connectivity index (χ4n) is 2.96. The molecule has 1 amide bonds. The van der Waals surface area contributed by atoms with E-state index in [0.717, 1.165) is 34.3 Å². The monoisotopic (exact) mass is 414 g/mol. The molecule has 0 aliphatic heterocycles. The maximum absolute atomic E-state index is 12.8. The summed E-state index contributed by atoms with van der Waals surface area (Å²) in [6.45, 7) is 3.87. The van der Waals surface area contributed by atoms with Crippen LogP contribution in [-0.2, 0) is 4.79 Å². The molecule has 28 heavy (non-hydrogen) atoms. The maximum Gasteiger partial charge on any atom is 0.237 e. The molecule has 4 rings (SSSR count). The Hall–Kier alpha value is -2.32. The summed E-state index contributed by atoms with van der Waals surface area (Å²) in [7, 11) is 1.60. The van der Waals surface area contributed by atoms with Crippen molar-refractivity contribution in [3.8, 4) is 16.5 Å². The number of thiophene rings is 1. The smallest absolute Gasteiger partial charge is 0.237 e. The molecule has 2 heterocycles. The van der Waals surface area contributed by atoms with Crippen molar-refractivity contribution in [3.63, 3.8) is 0 Å². The van der Waals surface area contributed by atoms with Gasteiger partial charge in [0.05, 0.1) is 22.9 Å². The largest absolute Gasteiger partial charge is 0.495 e. The van der Waals surface area contributed by atoms with Crippen molar-refractivity contribution >= 4 is 34.7 Å². The number of hydrogen-bond donors (Lipinski definition) is 1. The summed E-state index contributed by atoms with van der Waals surface area (Å²) in [4.78, 5) is 13.9. The number of methoxy groups -OCH3 is 1. The summed E-state index contributed by atoms with van der Waals surface area (Å²) < 4.78 is 7.54. The first kappa shape index (κ1) is 19.0. The van der Waals surface area contributed by atoms with Gasteiger partial charge in [0.1, 0.15) is 5.75 Å². The molecule has 0 spiro atoms. The number of anilines is 1. The number of amides is 1. The number of thioether (sulfide) groups is 1. The van der Waals surface area contributed by atoms with Crippen molar-refractivity contribution in [2.75, 3.05) is 12.4 Å². The van der Waals surface area contributed by atoms with Crippen molar-refractivity contribution in [2.45, 2.75) is 43.1 Å². The van der Waals surface area contributed by atoms with Gasteiger partial charge >= 0.3 is 0 Å². The molecule has 1 aromatic carbocycles. The van der Waals surface area contributed by atoms with E-state index in [1.807, 2.05) is 43.5 Å². The van der Waals surface area contributed by atoms with Gasteiger partial charge in [0.15, 0.2) is 11.0 Å². The van der Waals surface area contributed by atoms with Crippen LogP contribution in [0.1, 0.15) is 31.4 Å². The molecular formula is C20H22N4O2S2. The van der Waals surface area contributed by atoms with Crippen LogP contribution in [-0.4, -0.2) is 33.0 Å². The Kier molecular flexibility index (Phi) is 5.41. The number of rotatable bonds is 7. The van der Waals surface area contributed by atoms with Gasteiger partial charge in [-0.15, -0.1) is 21.5 Å². The summed E-state index contributed by atoms with van der Waals surface area (Å²) in [6, 6.07) is 10.2. The van der Waals surface area contributed by atoms with Crippen LogP contribution in [0.3, 0.4) is 0 Å². The lowest BCUT2D eigenvalue weighted by Crippen LogP contribution is -2.23. The normalized spacial score (nSPS) is 14.7. The molecule has 1 fully saturated rings. The summed E-state index contributed by atoms with van der Waals surface area (Å²) >= 11 is 3.10. The van der Waals surface area contributed by atoms with Crippen LogP contribution in [0, 0.1) is 6.92 Å². The first-order valence-corrected chi connectivity index (χ1v) is 10.9. The number of aromatic nitrogens is 3. The highest BCUT2D eigenvalue weighted by atomic mass is 32.2. The Labute approximate surface area is 172 Å². The maximum atomic E-state index is 12.8. The van der Waals surface area contributed by atoms with Gasteiger partial charge in [-0.1, -0.05) is 23.9 Å². The zero-order valence-corrected chi connectivity index (χ0v) is 17.6. The van der Waals surface area contributed by atoms with Crippen LogP contribution in [0.2, 0.25) is 0 Å². The first-order valence-electron chi connectivity index (χ1n) is 9.17. The SMILES string of the molecule is COc1ccc(C)cc1NC(=O)[C@H](C)Sc1nnc(-c2cccs2)n1C1CC1.